The molecule has 1 fully saturated rings. The zero-order valence-corrected chi connectivity index (χ0v) is 7.39. The van der Waals surface area contributed by atoms with E-state index in [9.17, 15) is 9.59 Å². The lowest BCUT2D eigenvalue weighted by Gasteiger charge is -2.08. The summed E-state index contributed by atoms with van der Waals surface area (Å²) >= 11 is 0. The number of aliphatic carboxylic acids is 1. The lowest BCUT2D eigenvalue weighted by Crippen LogP contribution is -2.33. The fourth-order valence-corrected chi connectivity index (χ4v) is 1.02. The van der Waals surface area contributed by atoms with Crippen molar-refractivity contribution in [2.75, 3.05) is 6.54 Å². The van der Waals surface area contributed by atoms with Gasteiger partial charge in [-0.2, -0.15) is 0 Å². The molecule has 0 aromatic rings. The lowest BCUT2D eigenvalue weighted by molar-refractivity contribution is -0.143. The Labute approximate surface area is 76.3 Å². The first-order valence-electron chi connectivity index (χ1n) is 4.05. The minimum atomic E-state index is -0.836. The standard InChI is InChI=1S/C9H11NO3/c1-2-3-7(11)10-6-9(4-5-9)8(12)13/h4-6H2,1H3,(H,10,11)(H,12,13). The number of nitrogens with one attached hydrogen (secondary N) is 1. The van der Waals surface area contributed by atoms with Crippen molar-refractivity contribution in [1.29, 1.82) is 0 Å². The van der Waals surface area contributed by atoms with Crippen LogP contribution in [0.2, 0.25) is 0 Å². The van der Waals surface area contributed by atoms with Gasteiger partial charge in [0, 0.05) is 6.54 Å². The molecule has 0 aromatic carbocycles. The summed E-state index contributed by atoms with van der Waals surface area (Å²) in [6, 6.07) is 0. The van der Waals surface area contributed by atoms with Crippen molar-refractivity contribution in [1.82, 2.24) is 5.32 Å². The van der Waals surface area contributed by atoms with E-state index in [0.717, 1.165) is 0 Å². The van der Waals surface area contributed by atoms with Crippen LogP contribution in [-0.2, 0) is 9.59 Å². The number of hydrogen-bond acceptors (Lipinski definition) is 2. The van der Waals surface area contributed by atoms with E-state index in [0.29, 0.717) is 12.8 Å². The molecule has 0 aliphatic heterocycles. The maximum Gasteiger partial charge on any atom is 0.311 e. The third-order valence-electron chi connectivity index (χ3n) is 2.13. The van der Waals surface area contributed by atoms with E-state index in [1.54, 1.807) is 6.92 Å². The SMILES string of the molecule is CC#CC(=O)NCC1(C(=O)O)CC1. The maximum atomic E-state index is 10.9. The molecule has 1 saturated carbocycles. The number of amides is 1. The molecule has 4 nitrogen and oxygen atoms in total. The van der Waals surface area contributed by atoms with Crippen molar-refractivity contribution < 1.29 is 14.7 Å². The summed E-state index contributed by atoms with van der Waals surface area (Å²) in [7, 11) is 0. The van der Waals surface area contributed by atoms with Crippen LogP contribution in [0.25, 0.3) is 0 Å². The Bertz CT molecular complexity index is 294. The molecule has 0 bridgehead atoms. The quantitative estimate of drug-likeness (QED) is 0.602. The summed E-state index contributed by atoms with van der Waals surface area (Å²) in [6.45, 7) is 1.75. The zero-order chi connectivity index (χ0) is 9.90. The molecule has 0 heterocycles. The van der Waals surface area contributed by atoms with Crippen molar-refractivity contribution in [3.63, 3.8) is 0 Å². The second-order valence-corrected chi connectivity index (χ2v) is 3.14. The first kappa shape index (κ1) is 9.59. The third kappa shape index (κ3) is 2.22. The van der Waals surface area contributed by atoms with Crippen LogP contribution >= 0.6 is 0 Å². The van der Waals surface area contributed by atoms with E-state index in [1.807, 2.05) is 0 Å². The molecule has 0 aromatic heterocycles. The van der Waals surface area contributed by atoms with Crippen LogP contribution in [0.15, 0.2) is 0 Å². The highest BCUT2D eigenvalue weighted by molar-refractivity contribution is 5.93. The molecule has 1 aliphatic rings. The van der Waals surface area contributed by atoms with Gasteiger partial charge in [0.15, 0.2) is 0 Å². The zero-order valence-electron chi connectivity index (χ0n) is 7.39. The van der Waals surface area contributed by atoms with Crippen molar-refractivity contribution in [2.45, 2.75) is 19.8 Å². The molecule has 2 N–H and O–H groups in total. The summed E-state index contributed by atoms with van der Waals surface area (Å²) in [6.07, 6.45) is 1.28. The summed E-state index contributed by atoms with van der Waals surface area (Å²) in [5.74, 6) is 3.49. The van der Waals surface area contributed by atoms with Crippen molar-refractivity contribution in [3.05, 3.63) is 0 Å². The normalized spacial score (nSPS) is 16.7. The predicted octanol–water partition coefficient (Wildman–Crippen LogP) is -0.00930. The van der Waals surface area contributed by atoms with Crippen LogP contribution in [0.5, 0.6) is 0 Å². The molecular formula is C9H11NO3. The monoisotopic (exact) mass is 181 g/mol. The van der Waals surface area contributed by atoms with E-state index in [-0.39, 0.29) is 6.54 Å². The molecule has 0 radical (unpaired) electrons. The first-order valence-corrected chi connectivity index (χ1v) is 4.05. The van der Waals surface area contributed by atoms with Gasteiger partial charge in [0.05, 0.1) is 5.41 Å². The van der Waals surface area contributed by atoms with Gasteiger partial charge >= 0.3 is 5.97 Å². The van der Waals surface area contributed by atoms with Gasteiger partial charge in [-0.3, -0.25) is 9.59 Å². The smallest absolute Gasteiger partial charge is 0.311 e. The first-order chi connectivity index (χ1) is 6.10. The van der Waals surface area contributed by atoms with E-state index >= 15 is 0 Å². The Hall–Kier alpha value is -1.50. The van der Waals surface area contributed by atoms with Crippen LogP contribution < -0.4 is 5.32 Å². The van der Waals surface area contributed by atoms with Crippen molar-refractivity contribution in [2.24, 2.45) is 5.41 Å². The van der Waals surface area contributed by atoms with Crippen molar-refractivity contribution >= 4 is 11.9 Å². The summed E-state index contributed by atoms with van der Waals surface area (Å²) in [5.41, 5.74) is -0.703. The van der Waals surface area contributed by atoms with Gasteiger partial charge in [0.1, 0.15) is 0 Å². The minimum absolute atomic E-state index is 0.190. The molecule has 1 aliphatic carbocycles. The van der Waals surface area contributed by atoms with E-state index in [1.165, 1.54) is 0 Å². The molecule has 13 heavy (non-hydrogen) atoms. The summed E-state index contributed by atoms with van der Waals surface area (Å²) in [5, 5.41) is 11.2. The molecular weight excluding hydrogens is 170 g/mol. The Balaban J connectivity index is 2.37. The van der Waals surface area contributed by atoms with Gasteiger partial charge in [0.25, 0.3) is 5.91 Å². The Morgan fingerprint density at radius 1 is 1.54 bits per heavy atom. The van der Waals surface area contributed by atoms with Gasteiger partial charge in [-0.25, -0.2) is 0 Å². The Kier molecular flexibility index (Phi) is 2.57. The number of carboxylic acid groups (broad SMARTS) is 1. The number of carbonyl (C=O) groups excluding carboxylic acids is 1. The van der Waals surface area contributed by atoms with Crippen molar-refractivity contribution in [3.8, 4) is 11.8 Å². The summed E-state index contributed by atoms with van der Waals surface area (Å²) < 4.78 is 0. The average Bonchev–Trinajstić information content (AvgIpc) is 2.82. The number of carboxylic acids is 1. The van der Waals surface area contributed by atoms with Crippen LogP contribution in [-0.4, -0.2) is 23.5 Å². The summed E-state index contributed by atoms with van der Waals surface area (Å²) in [4.78, 5) is 21.5. The third-order valence-corrected chi connectivity index (χ3v) is 2.13. The Morgan fingerprint density at radius 2 is 2.15 bits per heavy atom. The van der Waals surface area contributed by atoms with E-state index in [4.69, 9.17) is 5.11 Å². The number of rotatable bonds is 3. The van der Waals surface area contributed by atoms with Gasteiger partial charge in [-0.15, -0.1) is 0 Å². The number of hydrogen-bond donors (Lipinski definition) is 2. The van der Waals surface area contributed by atoms with Crippen LogP contribution in [0, 0.1) is 17.3 Å². The molecule has 0 unspecified atom stereocenters. The highest BCUT2D eigenvalue weighted by Gasteiger charge is 2.50. The molecule has 70 valence electrons. The van der Waals surface area contributed by atoms with Crippen LogP contribution in [0.1, 0.15) is 19.8 Å². The average molecular weight is 181 g/mol. The Morgan fingerprint density at radius 3 is 2.54 bits per heavy atom. The second-order valence-electron chi connectivity index (χ2n) is 3.14. The molecule has 0 atom stereocenters. The molecule has 0 spiro atoms. The molecule has 1 rings (SSSR count). The number of carbonyl (C=O) groups is 2. The van der Waals surface area contributed by atoms with Crippen LogP contribution in [0.4, 0.5) is 0 Å². The van der Waals surface area contributed by atoms with Gasteiger partial charge in [-0.05, 0) is 25.7 Å². The second kappa shape index (κ2) is 3.48. The highest BCUT2D eigenvalue weighted by Crippen LogP contribution is 2.45. The largest absolute Gasteiger partial charge is 0.481 e. The van der Waals surface area contributed by atoms with Gasteiger partial charge in [-0.1, -0.05) is 5.92 Å². The fraction of sp³-hybridized carbons (Fsp3) is 0.556. The molecule has 4 heteroatoms. The van der Waals surface area contributed by atoms with E-state index in [2.05, 4.69) is 17.2 Å². The topological polar surface area (TPSA) is 66.4 Å². The van der Waals surface area contributed by atoms with Crippen LogP contribution in [0.3, 0.4) is 0 Å². The highest BCUT2D eigenvalue weighted by atomic mass is 16.4. The lowest BCUT2D eigenvalue weighted by atomic mass is 10.1. The minimum Gasteiger partial charge on any atom is -0.481 e. The van der Waals surface area contributed by atoms with E-state index < -0.39 is 17.3 Å². The molecule has 0 saturated heterocycles. The van der Waals surface area contributed by atoms with Gasteiger partial charge in [0.2, 0.25) is 0 Å². The predicted molar refractivity (Wildman–Crippen MR) is 45.8 cm³/mol. The van der Waals surface area contributed by atoms with Gasteiger partial charge < -0.3 is 10.4 Å². The fourth-order valence-electron chi connectivity index (χ4n) is 1.02. The molecule has 1 amide bonds. The maximum absolute atomic E-state index is 10.9.